The van der Waals surface area contributed by atoms with Gasteiger partial charge in [0, 0.05) is 75.5 Å². The highest BCUT2D eigenvalue weighted by atomic mass is 16.3. The van der Waals surface area contributed by atoms with Gasteiger partial charge in [0.25, 0.3) is 5.56 Å². The van der Waals surface area contributed by atoms with Gasteiger partial charge in [0.1, 0.15) is 5.65 Å². The van der Waals surface area contributed by atoms with Gasteiger partial charge in [0.05, 0.1) is 0 Å². The largest absolute Gasteiger partial charge is 0.396 e. The topological polar surface area (TPSA) is 104 Å². The first kappa shape index (κ1) is 25.5. The quantitative estimate of drug-likeness (QED) is 0.444. The zero-order valence-corrected chi connectivity index (χ0v) is 21.0. The number of aliphatic hydroxyl groups excluding tert-OH is 1. The number of nitrogens with zero attached hydrogens (tertiary/aromatic N) is 5. The lowest BCUT2D eigenvalue weighted by atomic mass is 9.95. The molecule has 1 saturated heterocycles. The van der Waals surface area contributed by atoms with E-state index in [4.69, 9.17) is 0 Å². The molecule has 1 amide bonds. The fraction of sp³-hybridized carbons (Fsp3) is 0.407. The lowest BCUT2D eigenvalue weighted by molar-refractivity contribution is -0.127. The van der Waals surface area contributed by atoms with Crippen molar-refractivity contribution in [1.29, 1.82) is 0 Å². The van der Waals surface area contributed by atoms with Gasteiger partial charge in [-0.25, -0.2) is 4.98 Å². The minimum atomic E-state index is -0.449. The summed E-state index contributed by atoms with van der Waals surface area (Å²) in [4.78, 5) is 37.5. The second-order valence-electron chi connectivity index (χ2n) is 10.0. The number of fused-ring (bicyclic) bond motifs is 1. The molecule has 0 spiro atoms. The van der Waals surface area contributed by atoms with Gasteiger partial charge >= 0.3 is 0 Å². The molecular weight excluding hydrogens is 456 g/mol. The van der Waals surface area contributed by atoms with Crippen molar-refractivity contribution in [3.8, 4) is 0 Å². The molecule has 0 radical (unpaired) electrons. The number of piperazine rings is 1. The molecule has 1 fully saturated rings. The summed E-state index contributed by atoms with van der Waals surface area (Å²) in [6, 6.07) is 11.6. The van der Waals surface area contributed by atoms with Crippen molar-refractivity contribution in [3.05, 3.63) is 76.7 Å². The zero-order chi connectivity index (χ0) is 25.7. The third kappa shape index (κ3) is 6.16. The maximum atomic E-state index is 12.5. The van der Waals surface area contributed by atoms with Gasteiger partial charge in [0.2, 0.25) is 11.9 Å². The fourth-order valence-electron chi connectivity index (χ4n) is 4.24. The van der Waals surface area contributed by atoms with Crippen LogP contribution >= 0.6 is 0 Å². The summed E-state index contributed by atoms with van der Waals surface area (Å²) in [5, 5.41) is 13.7. The number of anilines is 1. The van der Waals surface area contributed by atoms with Crippen molar-refractivity contribution in [2.24, 2.45) is 5.41 Å². The smallest absolute Gasteiger partial charge is 0.252 e. The number of nitrogens with one attached hydrogen (secondary N) is 1. The second kappa shape index (κ2) is 11.0. The number of rotatable bonds is 9. The van der Waals surface area contributed by atoms with E-state index in [1.54, 1.807) is 16.8 Å². The molecule has 3 aromatic rings. The van der Waals surface area contributed by atoms with Crippen LogP contribution in [0.3, 0.4) is 0 Å². The molecule has 0 aliphatic carbocycles. The van der Waals surface area contributed by atoms with E-state index in [2.05, 4.69) is 51.0 Å². The second-order valence-corrected chi connectivity index (χ2v) is 10.0. The van der Waals surface area contributed by atoms with Crippen LogP contribution in [0, 0.1) is 5.41 Å². The average Bonchev–Trinajstić information content (AvgIpc) is 2.90. The molecule has 9 nitrogen and oxygen atoms in total. The summed E-state index contributed by atoms with van der Waals surface area (Å²) in [6.45, 7) is 12.3. The summed E-state index contributed by atoms with van der Waals surface area (Å²) in [5.74, 6) is 0.443. The molecule has 2 N–H and O–H groups in total. The third-order valence-electron chi connectivity index (χ3n) is 6.48. The first-order valence-corrected chi connectivity index (χ1v) is 12.2. The molecule has 2 aromatic heterocycles. The van der Waals surface area contributed by atoms with Crippen molar-refractivity contribution in [3.63, 3.8) is 0 Å². The van der Waals surface area contributed by atoms with Gasteiger partial charge < -0.3 is 15.3 Å². The standard InChI is InChI=1S/C27H34N6O3/c1-4-23(35)32-13-11-31(12-14-32)17-21-7-5-20(6-8-21)15-28-26-29-16-22-9-10-24(36)33(25(22)30-26)18-27(2,3)19-34/h4-10,16,34H,1,11-15,17-19H2,2-3H3,(H,28,29,30). The summed E-state index contributed by atoms with van der Waals surface area (Å²) in [5.41, 5.74) is 2.26. The highest BCUT2D eigenvalue weighted by molar-refractivity contribution is 5.87. The van der Waals surface area contributed by atoms with Crippen LogP contribution in [-0.2, 0) is 24.4 Å². The maximum absolute atomic E-state index is 12.5. The Morgan fingerprint density at radius 2 is 1.81 bits per heavy atom. The van der Waals surface area contributed by atoms with Crippen molar-refractivity contribution >= 4 is 22.9 Å². The molecule has 1 aliphatic heterocycles. The highest BCUT2D eigenvalue weighted by Crippen LogP contribution is 2.19. The Morgan fingerprint density at radius 3 is 2.47 bits per heavy atom. The van der Waals surface area contributed by atoms with Gasteiger partial charge in [-0.3, -0.25) is 19.1 Å². The number of amides is 1. The molecule has 36 heavy (non-hydrogen) atoms. The number of carbonyl (C=O) groups is 1. The van der Waals surface area contributed by atoms with E-state index in [1.165, 1.54) is 17.7 Å². The molecule has 0 bridgehead atoms. The first-order chi connectivity index (χ1) is 17.3. The number of hydrogen-bond acceptors (Lipinski definition) is 7. The number of pyridine rings is 1. The predicted octanol–water partition coefficient (Wildman–Crippen LogP) is 2.25. The van der Waals surface area contributed by atoms with Crippen LogP contribution in [0.1, 0.15) is 25.0 Å². The van der Waals surface area contributed by atoms with Crippen LogP contribution in [0.2, 0.25) is 0 Å². The van der Waals surface area contributed by atoms with E-state index >= 15 is 0 Å². The Bertz CT molecular complexity index is 1280. The number of hydrogen-bond donors (Lipinski definition) is 2. The van der Waals surface area contributed by atoms with Crippen molar-refractivity contribution < 1.29 is 9.90 Å². The van der Waals surface area contributed by atoms with Crippen LogP contribution in [0.4, 0.5) is 5.95 Å². The van der Waals surface area contributed by atoms with Crippen LogP contribution in [0.25, 0.3) is 11.0 Å². The molecular formula is C27H34N6O3. The van der Waals surface area contributed by atoms with E-state index in [0.29, 0.717) is 24.7 Å². The molecule has 4 rings (SSSR count). The molecule has 9 heteroatoms. The number of carbonyl (C=O) groups excluding carboxylic acids is 1. The van der Waals surface area contributed by atoms with Gasteiger partial charge in [-0.1, -0.05) is 44.7 Å². The number of aliphatic hydroxyl groups is 1. The molecule has 0 saturated carbocycles. The van der Waals surface area contributed by atoms with E-state index in [0.717, 1.165) is 43.7 Å². The molecule has 1 aromatic carbocycles. The molecule has 190 valence electrons. The van der Waals surface area contributed by atoms with E-state index in [9.17, 15) is 14.7 Å². The Labute approximate surface area is 211 Å². The van der Waals surface area contributed by atoms with Crippen LogP contribution in [0.5, 0.6) is 0 Å². The van der Waals surface area contributed by atoms with E-state index in [1.807, 2.05) is 18.7 Å². The van der Waals surface area contributed by atoms with Crippen molar-refractivity contribution in [1.82, 2.24) is 24.3 Å². The minimum absolute atomic E-state index is 0.000759. The third-order valence-corrected chi connectivity index (χ3v) is 6.48. The van der Waals surface area contributed by atoms with Crippen molar-refractivity contribution in [2.45, 2.75) is 33.5 Å². The van der Waals surface area contributed by atoms with Gasteiger partial charge in [-0.05, 0) is 23.3 Å². The summed E-state index contributed by atoms with van der Waals surface area (Å²) in [7, 11) is 0. The van der Waals surface area contributed by atoms with Gasteiger partial charge in [-0.15, -0.1) is 0 Å². The lowest BCUT2D eigenvalue weighted by Gasteiger charge is -2.34. The Balaban J connectivity index is 1.38. The highest BCUT2D eigenvalue weighted by Gasteiger charge is 2.20. The van der Waals surface area contributed by atoms with Crippen LogP contribution in [0.15, 0.2) is 60.0 Å². The average molecular weight is 491 g/mol. The Kier molecular flexibility index (Phi) is 7.81. The van der Waals surface area contributed by atoms with E-state index in [-0.39, 0.29) is 18.1 Å². The zero-order valence-electron chi connectivity index (χ0n) is 21.0. The number of benzene rings is 1. The Hall–Kier alpha value is -3.56. The Morgan fingerprint density at radius 1 is 1.11 bits per heavy atom. The molecule has 0 unspecified atom stereocenters. The normalized spacial score (nSPS) is 14.7. The molecule has 1 aliphatic rings. The number of aromatic nitrogens is 3. The van der Waals surface area contributed by atoms with Crippen LogP contribution in [-0.4, -0.2) is 68.1 Å². The minimum Gasteiger partial charge on any atom is -0.396 e. The predicted molar refractivity (Wildman–Crippen MR) is 140 cm³/mol. The molecule has 3 heterocycles. The van der Waals surface area contributed by atoms with Crippen LogP contribution < -0.4 is 10.9 Å². The van der Waals surface area contributed by atoms with E-state index < -0.39 is 5.41 Å². The summed E-state index contributed by atoms with van der Waals surface area (Å²) in [6.07, 6.45) is 3.08. The maximum Gasteiger partial charge on any atom is 0.252 e. The summed E-state index contributed by atoms with van der Waals surface area (Å²) < 4.78 is 1.60. The monoisotopic (exact) mass is 490 g/mol. The lowest BCUT2D eigenvalue weighted by Crippen LogP contribution is -2.47. The van der Waals surface area contributed by atoms with Gasteiger partial charge in [0.15, 0.2) is 0 Å². The molecule has 0 atom stereocenters. The first-order valence-electron chi connectivity index (χ1n) is 12.2. The summed E-state index contributed by atoms with van der Waals surface area (Å²) >= 11 is 0. The fourth-order valence-corrected chi connectivity index (χ4v) is 4.24. The SMILES string of the molecule is C=CC(=O)N1CCN(Cc2ccc(CNc3ncc4ccc(=O)n(CC(C)(C)CO)c4n3)cc2)CC1. The van der Waals surface area contributed by atoms with Gasteiger partial charge in [-0.2, -0.15) is 4.98 Å². The van der Waals surface area contributed by atoms with Crippen molar-refractivity contribution in [2.75, 3.05) is 38.1 Å².